The van der Waals surface area contributed by atoms with Crippen LogP contribution in [0.2, 0.25) is 0 Å². The van der Waals surface area contributed by atoms with Gasteiger partial charge in [-0.3, -0.25) is 0 Å². The van der Waals surface area contributed by atoms with Crippen LogP contribution in [0, 0.1) is 5.92 Å². The van der Waals surface area contributed by atoms with Gasteiger partial charge in [0.15, 0.2) is 0 Å². The van der Waals surface area contributed by atoms with Crippen molar-refractivity contribution in [3.8, 4) is 0 Å². The van der Waals surface area contributed by atoms with E-state index in [1.54, 1.807) is 6.92 Å². The quantitative estimate of drug-likeness (QED) is 0.724. The van der Waals surface area contributed by atoms with E-state index in [0.29, 0.717) is 11.7 Å². The van der Waals surface area contributed by atoms with E-state index in [1.165, 1.54) is 5.56 Å². The van der Waals surface area contributed by atoms with Crippen molar-refractivity contribution >= 4 is 25.8 Å². The van der Waals surface area contributed by atoms with Gasteiger partial charge >= 0.3 is 0 Å². The second-order valence-electron chi connectivity index (χ2n) is 4.24. The van der Waals surface area contributed by atoms with Crippen LogP contribution in [0.3, 0.4) is 0 Å². The number of hydrogen-bond acceptors (Lipinski definition) is 2. The second kappa shape index (κ2) is 7.17. The number of hydrogen-bond donors (Lipinski definition) is 0. The predicted molar refractivity (Wildman–Crippen MR) is 76.4 cm³/mol. The molecule has 0 aliphatic rings. The molecular formula is C13H19BrO2S. The molecule has 0 N–H and O–H groups in total. The molecule has 1 atom stereocenters. The highest BCUT2D eigenvalue weighted by Crippen LogP contribution is 2.16. The molecular weight excluding hydrogens is 300 g/mol. The molecule has 0 aliphatic heterocycles. The van der Waals surface area contributed by atoms with Crippen LogP contribution in [-0.4, -0.2) is 25.3 Å². The van der Waals surface area contributed by atoms with Gasteiger partial charge in [0.2, 0.25) is 0 Å². The van der Waals surface area contributed by atoms with Gasteiger partial charge in [-0.1, -0.05) is 53.2 Å². The molecule has 0 saturated heterocycles. The summed E-state index contributed by atoms with van der Waals surface area (Å²) in [5.74, 6) is 0.929. The maximum Gasteiger partial charge on any atom is 0.150 e. The SMILES string of the molecule is CCS(=O)(=O)CCC(CBr)Cc1ccccc1. The molecule has 0 amide bonds. The van der Waals surface area contributed by atoms with Crippen molar-refractivity contribution in [2.24, 2.45) is 5.92 Å². The van der Waals surface area contributed by atoms with Crippen molar-refractivity contribution in [2.45, 2.75) is 19.8 Å². The number of rotatable bonds is 7. The zero-order valence-electron chi connectivity index (χ0n) is 10.1. The summed E-state index contributed by atoms with van der Waals surface area (Å²) in [6.07, 6.45) is 1.67. The van der Waals surface area contributed by atoms with E-state index in [1.807, 2.05) is 18.2 Å². The summed E-state index contributed by atoms with van der Waals surface area (Å²) in [4.78, 5) is 0. The fourth-order valence-corrected chi connectivity index (χ4v) is 3.21. The molecule has 1 aromatic rings. The maximum atomic E-state index is 11.5. The molecule has 0 saturated carbocycles. The van der Waals surface area contributed by atoms with Gasteiger partial charge in [0.1, 0.15) is 9.84 Å². The topological polar surface area (TPSA) is 34.1 Å². The smallest absolute Gasteiger partial charge is 0.150 e. The Labute approximate surface area is 112 Å². The third-order valence-corrected chi connectivity index (χ3v) is 5.52. The van der Waals surface area contributed by atoms with Gasteiger partial charge in [0.05, 0.1) is 5.75 Å². The first kappa shape index (κ1) is 14.7. The Kier molecular flexibility index (Phi) is 6.20. The van der Waals surface area contributed by atoms with Gasteiger partial charge in [-0.2, -0.15) is 0 Å². The number of benzene rings is 1. The molecule has 96 valence electrons. The zero-order valence-corrected chi connectivity index (χ0v) is 12.5. The molecule has 0 spiro atoms. The first-order chi connectivity index (χ1) is 8.07. The fraction of sp³-hybridized carbons (Fsp3) is 0.538. The molecule has 1 unspecified atom stereocenters. The molecule has 0 bridgehead atoms. The summed E-state index contributed by atoms with van der Waals surface area (Å²) in [5, 5.41) is 0.848. The van der Waals surface area contributed by atoms with Gasteiger partial charge < -0.3 is 0 Å². The summed E-state index contributed by atoms with van der Waals surface area (Å²) >= 11 is 3.47. The Hall–Kier alpha value is -0.350. The first-order valence-corrected chi connectivity index (χ1v) is 8.82. The molecule has 2 nitrogen and oxygen atoms in total. The van der Waals surface area contributed by atoms with Crippen LogP contribution in [-0.2, 0) is 16.3 Å². The predicted octanol–water partition coefficient (Wildman–Crippen LogP) is 3.07. The Bertz CT molecular complexity index is 414. The monoisotopic (exact) mass is 318 g/mol. The van der Waals surface area contributed by atoms with E-state index < -0.39 is 9.84 Å². The van der Waals surface area contributed by atoms with Gasteiger partial charge in [-0.15, -0.1) is 0 Å². The summed E-state index contributed by atoms with van der Waals surface area (Å²) in [6, 6.07) is 10.2. The molecule has 0 radical (unpaired) electrons. The number of sulfone groups is 1. The largest absolute Gasteiger partial charge is 0.229 e. The van der Waals surface area contributed by atoms with Crippen LogP contribution in [0.25, 0.3) is 0 Å². The Morgan fingerprint density at radius 1 is 1.24 bits per heavy atom. The van der Waals surface area contributed by atoms with Crippen molar-refractivity contribution in [1.82, 2.24) is 0 Å². The maximum absolute atomic E-state index is 11.5. The highest BCUT2D eigenvalue weighted by atomic mass is 79.9. The third kappa shape index (κ3) is 5.68. The lowest BCUT2D eigenvalue weighted by Crippen LogP contribution is -2.15. The molecule has 1 rings (SSSR count). The number of halogens is 1. The summed E-state index contributed by atoms with van der Waals surface area (Å²) in [6.45, 7) is 1.70. The zero-order chi connectivity index (χ0) is 12.7. The minimum Gasteiger partial charge on any atom is -0.229 e. The van der Waals surface area contributed by atoms with Gasteiger partial charge in [0, 0.05) is 11.1 Å². The summed E-state index contributed by atoms with van der Waals surface area (Å²) in [7, 11) is -2.84. The van der Waals surface area contributed by atoms with E-state index in [4.69, 9.17) is 0 Å². The lowest BCUT2D eigenvalue weighted by Gasteiger charge is -2.13. The summed E-state index contributed by atoms with van der Waals surface area (Å²) < 4.78 is 22.9. The van der Waals surface area contributed by atoms with Gasteiger partial charge in [0.25, 0.3) is 0 Å². The van der Waals surface area contributed by atoms with E-state index in [2.05, 4.69) is 28.1 Å². The van der Waals surface area contributed by atoms with Crippen LogP contribution in [0.4, 0.5) is 0 Å². The minimum atomic E-state index is -2.84. The van der Waals surface area contributed by atoms with Crippen molar-refractivity contribution in [1.29, 1.82) is 0 Å². The second-order valence-corrected chi connectivity index (χ2v) is 7.36. The van der Waals surface area contributed by atoms with E-state index >= 15 is 0 Å². The standard InChI is InChI=1S/C13H19BrO2S/c1-2-17(15,16)9-8-13(11-14)10-12-6-4-3-5-7-12/h3-7,13H,2,8-11H2,1H3. The molecule has 4 heteroatoms. The molecule has 1 aromatic carbocycles. The van der Waals surface area contributed by atoms with Crippen LogP contribution in [0.5, 0.6) is 0 Å². The van der Waals surface area contributed by atoms with E-state index in [-0.39, 0.29) is 5.75 Å². The fourth-order valence-electron chi connectivity index (χ4n) is 1.67. The lowest BCUT2D eigenvalue weighted by atomic mass is 9.99. The van der Waals surface area contributed by atoms with Crippen molar-refractivity contribution in [3.05, 3.63) is 35.9 Å². The van der Waals surface area contributed by atoms with Crippen LogP contribution < -0.4 is 0 Å². The minimum absolute atomic E-state index is 0.243. The third-order valence-electron chi connectivity index (χ3n) is 2.86. The van der Waals surface area contributed by atoms with E-state index in [9.17, 15) is 8.42 Å². The van der Waals surface area contributed by atoms with Crippen LogP contribution in [0.1, 0.15) is 18.9 Å². The number of alkyl halides is 1. The average molecular weight is 319 g/mol. The molecule has 0 aromatic heterocycles. The molecule has 0 aliphatic carbocycles. The molecule has 0 heterocycles. The lowest BCUT2D eigenvalue weighted by molar-refractivity contribution is 0.553. The molecule has 17 heavy (non-hydrogen) atoms. The van der Waals surface area contributed by atoms with Gasteiger partial charge in [-0.05, 0) is 24.3 Å². The van der Waals surface area contributed by atoms with Crippen LogP contribution >= 0.6 is 15.9 Å². The van der Waals surface area contributed by atoms with Crippen molar-refractivity contribution in [3.63, 3.8) is 0 Å². The Morgan fingerprint density at radius 3 is 2.41 bits per heavy atom. The normalized spacial score (nSPS) is 13.5. The van der Waals surface area contributed by atoms with Gasteiger partial charge in [-0.25, -0.2) is 8.42 Å². The molecule has 0 fully saturated rings. The van der Waals surface area contributed by atoms with Crippen molar-refractivity contribution in [2.75, 3.05) is 16.8 Å². The first-order valence-electron chi connectivity index (χ1n) is 5.87. The highest BCUT2D eigenvalue weighted by Gasteiger charge is 2.13. The Morgan fingerprint density at radius 2 is 1.88 bits per heavy atom. The Balaban J connectivity index is 2.50. The summed E-state index contributed by atoms with van der Waals surface area (Å²) in [5.41, 5.74) is 1.27. The van der Waals surface area contributed by atoms with E-state index in [0.717, 1.165) is 18.2 Å². The average Bonchev–Trinajstić information content (AvgIpc) is 2.35. The highest BCUT2D eigenvalue weighted by molar-refractivity contribution is 9.09. The van der Waals surface area contributed by atoms with Crippen molar-refractivity contribution < 1.29 is 8.42 Å². The van der Waals surface area contributed by atoms with Crippen LogP contribution in [0.15, 0.2) is 30.3 Å².